The van der Waals surface area contributed by atoms with Gasteiger partial charge in [-0.1, -0.05) is 43.0 Å². The van der Waals surface area contributed by atoms with Crippen LogP contribution in [0.25, 0.3) is 16.6 Å². The summed E-state index contributed by atoms with van der Waals surface area (Å²) in [6.45, 7) is 6.70. The van der Waals surface area contributed by atoms with E-state index in [0.717, 1.165) is 27.9 Å². The van der Waals surface area contributed by atoms with Crippen LogP contribution < -0.4 is 10.1 Å². The third-order valence-electron chi connectivity index (χ3n) is 6.12. The summed E-state index contributed by atoms with van der Waals surface area (Å²) in [5, 5.41) is 13.5. The average Bonchev–Trinajstić information content (AvgIpc) is 3.48. The van der Waals surface area contributed by atoms with Crippen LogP contribution in [0.2, 0.25) is 0 Å². The topological polar surface area (TPSA) is 99.2 Å². The number of amides is 1. The molecule has 1 amide bonds. The average molecular weight is 516 g/mol. The molecule has 1 atom stereocenters. The van der Waals surface area contributed by atoms with Gasteiger partial charge in [-0.2, -0.15) is 9.61 Å². The van der Waals surface area contributed by atoms with Gasteiger partial charge >= 0.3 is 0 Å². The number of para-hydroxylation sites is 3. The molecule has 0 saturated heterocycles. The molecule has 0 radical (unpaired) electrons. The number of carbonyl (C=O) groups excluding carboxylic acids is 1. The van der Waals surface area contributed by atoms with E-state index in [1.807, 2.05) is 74.0 Å². The zero-order chi connectivity index (χ0) is 25.9. The molecule has 0 aliphatic carbocycles. The Morgan fingerprint density at radius 2 is 1.86 bits per heavy atom. The summed E-state index contributed by atoms with van der Waals surface area (Å²) in [4.78, 5) is 23.0. The molecule has 9 nitrogen and oxygen atoms in total. The van der Waals surface area contributed by atoms with Gasteiger partial charge in [-0.25, -0.2) is 9.97 Å². The first-order valence-electron chi connectivity index (χ1n) is 12.2. The maximum absolute atomic E-state index is 13.2. The van der Waals surface area contributed by atoms with Crippen molar-refractivity contribution in [3.8, 4) is 5.75 Å². The number of fused-ring (bicyclic) bond motifs is 3. The zero-order valence-corrected chi connectivity index (χ0v) is 22.1. The number of nitrogens with zero attached hydrogens (tertiary/aromatic N) is 6. The fraction of sp³-hybridized carbons (Fsp3) is 0.296. The van der Waals surface area contributed by atoms with E-state index in [-0.39, 0.29) is 11.2 Å². The van der Waals surface area contributed by atoms with Crippen LogP contribution in [0.4, 0.5) is 5.69 Å². The van der Waals surface area contributed by atoms with E-state index in [1.165, 1.54) is 11.8 Å². The summed E-state index contributed by atoms with van der Waals surface area (Å²) >= 11 is 1.39. The van der Waals surface area contributed by atoms with Gasteiger partial charge in [0.25, 0.3) is 0 Å². The molecule has 0 spiro atoms. The summed E-state index contributed by atoms with van der Waals surface area (Å²) in [6.07, 6.45) is 1.24. The zero-order valence-electron chi connectivity index (χ0n) is 21.3. The molecule has 0 aliphatic heterocycles. The molecule has 0 unspecified atom stereocenters. The molecule has 5 aromatic rings. The van der Waals surface area contributed by atoms with Gasteiger partial charge in [0, 0.05) is 24.0 Å². The Morgan fingerprint density at radius 3 is 2.62 bits per heavy atom. The summed E-state index contributed by atoms with van der Waals surface area (Å²) in [6, 6.07) is 17.3. The fourth-order valence-corrected chi connectivity index (χ4v) is 5.24. The standard InChI is InChI=1S/C27H29N7O2S/c1-5-23(26(35)28-21-12-8-9-13-22(21)36-4)37-27-29-20-11-7-6-10-19(20)25-30-24(32-34(25)27)14-15-33-18(3)16-17(2)31-33/h6-13,16,23H,5,14-15H2,1-4H3,(H,28,35)/t23-/m0/s1. The number of nitrogens with one attached hydrogen (secondary N) is 1. The van der Waals surface area contributed by atoms with Gasteiger partial charge in [0.05, 0.1) is 29.3 Å². The number of methoxy groups -OCH3 is 1. The highest BCUT2D eigenvalue weighted by molar-refractivity contribution is 8.00. The Bertz CT molecular complexity index is 1580. The molecular weight excluding hydrogens is 486 g/mol. The number of aryl methyl sites for hydroxylation is 4. The number of anilines is 1. The lowest BCUT2D eigenvalue weighted by Crippen LogP contribution is -2.25. The predicted octanol–water partition coefficient (Wildman–Crippen LogP) is 4.85. The molecule has 2 aromatic carbocycles. The second-order valence-electron chi connectivity index (χ2n) is 8.78. The lowest BCUT2D eigenvalue weighted by molar-refractivity contribution is -0.115. The van der Waals surface area contributed by atoms with E-state index in [0.29, 0.717) is 41.8 Å². The Labute approximate surface area is 219 Å². The highest BCUT2D eigenvalue weighted by Crippen LogP contribution is 2.30. The Hall–Kier alpha value is -3.92. The van der Waals surface area contributed by atoms with Crippen LogP contribution in [-0.2, 0) is 17.8 Å². The molecule has 0 saturated carbocycles. The van der Waals surface area contributed by atoms with Crippen LogP contribution in [0.15, 0.2) is 59.8 Å². The molecular formula is C27H29N7O2S. The van der Waals surface area contributed by atoms with Crippen molar-refractivity contribution < 1.29 is 9.53 Å². The first kappa shape index (κ1) is 24.8. The lowest BCUT2D eigenvalue weighted by Gasteiger charge is -2.16. The number of benzene rings is 2. The third-order valence-corrected chi connectivity index (χ3v) is 7.43. The molecule has 190 valence electrons. The normalized spacial score (nSPS) is 12.2. The summed E-state index contributed by atoms with van der Waals surface area (Å²) < 4.78 is 9.13. The van der Waals surface area contributed by atoms with Gasteiger partial charge in [0.1, 0.15) is 5.75 Å². The highest BCUT2D eigenvalue weighted by Gasteiger charge is 2.23. The van der Waals surface area contributed by atoms with E-state index < -0.39 is 0 Å². The first-order chi connectivity index (χ1) is 18.0. The van der Waals surface area contributed by atoms with Crippen LogP contribution in [0, 0.1) is 13.8 Å². The molecule has 5 rings (SSSR count). The van der Waals surface area contributed by atoms with Crippen LogP contribution in [-0.4, -0.2) is 47.6 Å². The van der Waals surface area contributed by atoms with Crippen molar-refractivity contribution in [2.45, 2.75) is 50.6 Å². The van der Waals surface area contributed by atoms with Crippen molar-refractivity contribution in [1.29, 1.82) is 0 Å². The van der Waals surface area contributed by atoms with Crippen molar-refractivity contribution in [2.24, 2.45) is 0 Å². The van der Waals surface area contributed by atoms with Crippen molar-refractivity contribution in [3.05, 3.63) is 71.8 Å². The van der Waals surface area contributed by atoms with Crippen molar-refractivity contribution in [3.63, 3.8) is 0 Å². The monoisotopic (exact) mass is 515 g/mol. The van der Waals surface area contributed by atoms with Gasteiger partial charge in [-0.05, 0) is 50.6 Å². The maximum atomic E-state index is 13.2. The number of aromatic nitrogens is 6. The van der Waals surface area contributed by atoms with Crippen molar-refractivity contribution >= 4 is 39.9 Å². The van der Waals surface area contributed by atoms with Crippen LogP contribution in [0.1, 0.15) is 30.6 Å². The van der Waals surface area contributed by atoms with Crippen molar-refractivity contribution in [1.82, 2.24) is 29.4 Å². The molecule has 0 aliphatic rings. The minimum Gasteiger partial charge on any atom is -0.495 e. The number of ether oxygens (including phenoxy) is 1. The first-order valence-corrected chi connectivity index (χ1v) is 13.1. The highest BCUT2D eigenvalue weighted by atomic mass is 32.2. The number of hydrogen-bond donors (Lipinski definition) is 1. The molecule has 0 bridgehead atoms. The number of carbonyl (C=O) groups is 1. The maximum Gasteiger partial charge on any atom is 0.238 e. The molecule has 1 N–H and O–H groups in total. The number of rotatable bonds is 9. The summed E-state index contributed by atoms with van der Waals surface area (Å²) in [7, 11) is 1.59. The van der Waals surface area contributed by atoms with Crippen LogP contribution in [0.3, 0.4) is 0 Å². The third kappa shape index (κ3) is 5.15. The van der Waals surface area contributed by atoms with Crippen LogP contribution >= 0.6 is 11.8 Å². The fourth-order valence-electron chi connectivity index (χ4n) is 4.27. The molecule has 0 fully saturated rings. The largest absolute Gasteiger partial charge is 0.495 e. The summed E-state index contributed by atoms with van der Waals surface area (Å²) in [5.74, 6) is 1.20. The van der Waals surface area contributed by atoms with Crippen molar-refractivity contribution in [2.75, 3.05) is 12.4 Å². The van der Waals surface area contributed by atoms with Gasteiger partial charge in [-0.15, -0.1) is 5.10 Å². The lowest BCUT2D eigenvalue weighted by atomic mass is 10.2. The Kier molecular flexibility index (Phi) is 7.09. The van der Waals surface area contributed by atoms with E-state index in [4.69, 9.17) is 19.8 Å². The summed E-state index contributed by atoms with van der Waals surface area (Å²) in [5.41, 5.74) is 4.28. The van der Waals surface area contributed by atoms with Gasteiger partial charge in [-0.3, -0.25) is 9.48 Å². The van der Waals surface area contributed by atoms with Crippen LogP contribution in [0.5, 0.6) is 5.75 Å². The molecule has 3 heterocycles. The van der Waals surface area contributed by atoms with Gasteiger partial charge in [0.15, 0.2) is 16.6 Å². The molecule has 10 heteroatoms. The second kappa shape index (κ2) is 10.6. The van der Waals surface area contributed by atoms with E-state index >= 15 is 0 Å². The van der Waals surface area contributed by atoms with Gasteiger partial charge in [0.2, 0.25) is 5.91 Å². The number of thioether (sulfide) groups is 1. The SMILES string of the molecule is CC[C@H](Sc1nc2ccccc2c2nc(CCn3nc(C)cc3C)nn12)C(=O)Nc1ccccc1OC. The smallest absolute Gasteiger partial charge is 0.238 e. The molecule has 3 aromatic heterocycles. The quantitative estimate of drug-likeness (QED) is 0.221. The predicted molar refractivity (Wildman–Crippen MR) is 145 cm³/mol. The van der Waals surface area contributed by atoms with E-state index in [9.17, 15) is 4.79 Å². The number of hydrogen-bond acceptors (Lipinski definition) is 7. The Balaban J connectivity index is 1.45. The Morgan fingerprint density at radius 1 is 1.08 bits per heavy atom. The van der Waals surface area contributed by atoms with Gasteiger partial charge < -0.3 is 10.1 Å². The van der Waals surface area contributed by atoms with E-state index in [1.54, 1.807) is 11.6 Å². The minimum absolute atomic E-state index is 0.120. The van der Waals surface area contributed by atoms with E-state index in [2.05, 4.69) is 16.5 Å². The minimum atomic E-state index is -0.385. The second-order valence-corrected chi connectivity index (χ2v) is 9.95. The molecule has 37 heavy (non-hydrogen) atoms.